The summed E-state index contributed by atoms with van der Waals surface area (Å²) >= 11 is 0. The van der Waals surface area contributed by atoms with Crippen LogP contribution in [0.15, 0.2) is 24.3 Å². The second-order valence-electron chi connectivity index (χ2n) is 5.63. The quantitative estimate of drug-likeness (QED) is 0.818. The van der Waals surface area contributed by atoms with Crippen LogP contribution in [0.25, 0.3) is 0 Å². The fourth-order valence-electron chi connectivity index (χ4n) is 2.48. The zero-order chi connectivity index (χ0) is 12.9. The van der Waals surface area contributed by atoms with Gasteiger partial charge >= 0.3 is 0 Å². The van der Waals surface area contributed by atoms with Gasteiger partial charge in [-0.3, -0.25) is 0 Å². The molecule has 1 saturated carbocycles. The monoisotopic (exact) mass is 261 g/mol. The lowest BCUT2D eigenvalue weighted by atomic mass is 10.2. The minimum Gasteiger partial charge on any atom is -0.491 e. The van der Waals surface area contributed by atoms with Gasteiger partial charge in [0.1, 0.15) is 12.4 Å². The SMILES string of the molecule is c1ccc(OCC2CCCO2)c(CNCC2CC2)c1. The van der Waals surface area contributed by atoms with Crippen LogP contribution in [-0.2, 0) is 11.3 Å². The highest BCUT2D eigenvalue weighted by molar-refractivity contribution is 5.33. The third-order valence-corrected chi connectivity index (χ3v) is 3.87. The van der Waals surface area contributed by atoms with Crippen molar-refractivity contribution in [2.24, 2.45) is 5.92 Å². The van der Waals surface area contributed by atoms with E-state index in [9.17, 15) is 0 Å². The van der Waals surface area contributed by atoms with E-state index >= 15 is 0 Å². The maximum Gasteiger partial charge on any atom is 0.123 e. The Balaban J connectivity index is 1.50. The van der Waals surface area contributed by atoms with Crippen molar-refractivity contribution in [3.05, 3.63) is 29.8 Å². The van der Waals surface area contributed by atoms with Crippen LogP contribution in [0.5, 0.6) is 5.75 Å². The van der Waals surface area contributed by atoms with Crippen molar-refractivity contribution < 1.29 is 9.47 Å². The molecule has 1 N–H and O–H groups in total. The molecule has 0 amide bonds. The fourth-order valence-corrected chi connectivity index (χ4v) is 2.48. The van der Waals surface area contributed by atoms with Gasteiger partial charge in [0.25, 0.3) is 0 Å². The largest absolute Gasteiger partial charge is 0.491 e. The molecule has 0 spiro atoms. The standard InChI is InChI=1S/C16H23NO2/c1-2-6-16(19-12-15-5-3-9-18-15)14(4-1)11-17-10-13-7-8-13/h1-2,4,6,13,15,17H,3,5,7-12H2. The zero-order valence-electron chi connectivity index (χ0n) is 11.4. The van der Waals surface area contributed by atoms with Gasteiger partial charge in [-0.1, -0.05) is 18.2 Å². The molecule has 0 radical (unpaired) electrons. The van der Waals surface area contributed by atoms with E-state index in [4.69, 9.17) is 9.47 Å². The Morgan fingerprint density at radius 1 is 1.21 bits per heavy atom. The third-order valence-electron chi connectivity index (χ3n) is 3.87. The van der Waals surface area contributed by atoms with Crippen LogP contribution < -0.4 is 10.1 Å². The molecule has 1 aromatic rings. The third kappa shape index (κ3) is 3.95. The number of para-hydroxylation sites is 1. The van der Waals surface area contributed by atoms with Crippen molar-refractivity contribution in [2.75, 3.05) is 19.8 Å². The number of hydrogen-bond acceptors (Lipinski definition) is 3. The molecule has 1 aliphatic heterocycles. The number of benzene rings is 1. The molecular weight excluding hydrogens is 238 g/mol. The van der Waals surface area contributed by atoms with E-state index in [1.54, 1.807) is 0 Å². The van der Waals surface area contributed by atoms with Gasteiger partial charge in [-0.2, -0.15) is 0 Å². The van der Waals surface area contributed by atoms with Gasteiger partial charge in [0.05, 0.1) is 6.10 Å². The van der Waals surface area contributed by atoms with E-state index in [1.807, 2.05) is 6.07 Å². The average Bonchev–Trinajstić information content (AvgIpc) is 3.11. The topological polar surface area (TPSA) is 30.5 Å². The summed E-state index contributed by atoms with van der Waals surface area (Å²) in [6.07, 6.45) is 5.36. The van der Waals surface area contributed by atoms with Crippen molar-refractivity contribution in [2.45, 2.75) is 38.3 Å². The van der Waals surface area contributed by atoms with Crippen molar-refractivity contribution in [3.63, 3.8) is 0 Å². The molecule has 3 heteroatoms. The Morgan fingerprint density at radius 2 is 2.11 bits per heavy atom. The first-order valence-corrected chi connectivity index (χ1v) is 7.45. The summed E-state index contributed by atoms with van der Waals surface area (Å²) in [6, 6.07) is 8.32. The predicted octanol–water partition coefficient (Wildman–Crippen LogP) is 2.74. The second-order valence-corrected chi connectivity index (χ2v) is 5.63. The molecule has 1 heterocycles. The summed E-state index contributed by atoms with van der Waals surface area (Å²) in [4.78, 5) is 0. The molecule has 1 saturated heterocycles. The molecule has 19 heavy (non-hydrogen) atoms. The second kappa shape index (κ2) is 6.40. The van der Waals surface area contributed by atoms with Gasteiger partial charge in [-0.25, -0.2) is 0 Å². The average molecular weight is 261 g/mol. The Hall–Kier alpha value is -1.06. The molecule has 0 bridgehead atoms. The van der Waals surface area contributed by atoms with E-state index in [2.05, 4.69) is 23.5 Å². The Bertz CT molecular complexity index is 397. The molecule has 1 aromatic carbocycles. The lowest BCUT2D eigenvalue weighted by Crippen LogP contribution is -2.19. The van der Waals surface area contributed by atoms with Gasteiger partial charge < -0.3 is 14.8 Å². The zero-order valence-corrected chi connectivity index (χ0v) is 11.4. The Morgan fingerprint density at radius 3 is 2.89 bits per heavy atom. The molecule has 104 valence electrons. The Kier molecular flexibility index (Phi) is 4.36. The first kappa shape index (κ1) is 12.9. The molecule has 1 atom stereocenters. The smallest absolute Gasteiger partial charge is 0.123 e. The van der Waals surface area contributed by atoms with Crippen molar-refractivity contribution >= 4 is 0 Å². The highest BCUT2D eigenvalue weighted by atomic mass is 16.5. The minimum atomic E-state index is 0.285. The first-order valence-electron chi connectivity index (χ1n) is 7.45. The highest BCUT2D eigenvalue weighted by Gasteiger charge is 2.20. The summed E-state index contributed by atoms with van der Waals surface area (Å²) in [5.74, 6) is 1.92. The molecule has 1 unspecified atom stereocenters. The van der Waals surface area contributed by atoms with Gasteiger partial charge in [-0.15, -0.1) is 0 Å². The molecule has 0 aromatic heterocycles. The maximum absolute atomic E-state index is 5.93. The van der Waals surface area contributed by atoms with Crippen molar-refractivity contribution in [1.82, 2.24) is 5.32 Å². The molecule has 3 nitrogen and oxygen atoms in total. The number of hydrogen-bond donors (Lipinski definition) is 1. The first-order chi connectivity index (χ1) is 9.42. The number of nitrogens with one attached hydrogen (secondary N) is 1. The number of ether oxygens (including phenoxy) is 2. The van der Waals surface area contributed by atoms with E-state index in [0.29, 0.717) is 6.61 Å². The van der Waals surface area contributed by atoms with Crippen LogP contribution in [0, 0.1) is 5.92 Å². The van der Waals surface area contributed by atoms with Crippen LogP contribution in [0.1, 0.15) is 31.2 Å². The molecular formula is C16H23NO2. The highest BCUT2D eigenvalue weighted by Crippen LogP contribution is 2.28. The van der Waals surface area contributed by atoms with E-state index < -0.39 is 0 Å². The van der Waals surface area contributed by atoms with Crippen LogP contribution in [0.3, 0.4) is 0 Å². The fraction of sp³-hybridized carbons (Fsp3) is 0.625. The molecule has 2 aliphatic rings. The van der Waals surface area contributed by atoms with Crippen LogP contribution in [0.4, 0.5) is 0 Å². The lowest BCUT2D eigenvalue weighted by molar-refractivity contribution is 0.0676. The van der Waals surface area contributed by atoms with Gasteiger partial charge in [0.15, 0.2) is 0 Å². The van der Waals surface area contributed by atoms with E-state index in [-0.39, 0.29) is 6.10 Å². The Labute approximate surface area is 115 Å². The van der Waals surface area contributed by atoms with Gasteiger partial charge in [0.2, 0.25) is 0 Å². The maximum atomic E-state index is 5.93. The van der Waals surface area contributed by atoms with Crippen LogP contribution in [0.2, 0.25) is 0 Å². The summed E-state index contributed by atoms with van der Waals surface area (Å²) in [5.41, 5.74) is 1.25. The summed E-state index contributed by atoms with van der Waals surface area (Å²) in [5, 5.41) is 3.52. The van der Waals surface area contributed by atoms with E-state index in [1.165, 1.54) is 24.8 Å². The predicted molar refractivity (Wildman–Crippen MR) is 75.3 cm³/mol. The molecule has 3 rings (SSSR count). The van der Waals surface area contributed by atoms with Gasteiger partial charge in [0, 0.05) is 18.7 Å². The van der Waals surface area contributed by atoms with Crippen molar-refractivity contribution in [1.29, 1.82) is 0 Å². The summed E-state index contributed by atoms with van der Waals surface area (Å²) in [6.45, 7) is 3.61. The number of rotatable bonds is 7. The van der Waals surface area contributed by atoms with Gasteiger partial charge in [-0.05, 0) is 44.2 Å². The molecule has 2 fully saturated rings. The summed E-state index contributed by atoms with van der Waals surface area (Å²) < 4.78 is 11.5. The lowest BCUT2D eigenvalue weighted by Gasteiger charge is -2.15. The van der Waals surface area contributed by atoms with Crippen LogP contribution >= 0.6 is 0 Å². The molecule has 1 aliphatic carbocycles. The van der Waals surface area contributed by atoms with E-state index in [0.717, 1.165) is 37.8 Å². The summed E-state index contributed by atoms with van der Waals surface area (Å²) in [7, 11) is 0. The van der Waals surface area contributed by atoms with Crippen LogP contribution in [-0.4, -0.2) is 25.9 Å². The van der Waals surface area contributed by atoms with Crippen molar-refractivity contribution in [3.8, 4) is 5.75 Å². The minimum absolute atomic E-state index is 0.285. The normalized spacial score (nSPS) is 22.6.